The number of aromatic nitrogens is 3. The highest BCUT2D eigenvalue weighted by atomic mass is 35.5. The Balaban J connectivity index is 2.13. The standard InChI is InChI=1S/C16H21ClN4O4/c1-4-9-6-21(15-16(3,17)12(23)10(7-22)25-15)14-11(9)13(18-8-19-14)20-24-5-2/h4,6,8,10,12,15,22-23H,1,5,7H2,2-3H3,(H,18,19,20)/t10?,12?,15-,16-/m1/s1. The lowest BCUT2D eigenvalue weighted by Gasteiger charge is -2.26. The van der Waals surface area contributed by atoms with Crippen molar-refractivity contribution in [2.45, 2.75) is 37.2 Å². The second-order valence-electron chi connectivity index (χ2n) is 5.96. The molecule has 2 aromatic rings. The van der Waals surface area contributed by atoms with Gasteiger partial charge in [-0.2, -0.15) is 0 Å². The zero-order valence-electron chi connectivity index (χ0n) is 14.0. The highest BCUT2D eigenvalue weighted by Gasteiger charge is 2.53. The van der Waals surface area contributed by atoms with Crippen LogP contribution in [0.2, 0.25) is 0 Å². The fourth-order valence-corrected chi connectivity index (χ4v) is 3.32. The van der Waals surface area contributed by atoms with Crippen molar-refractivity contribution in [3.8, 4) is 0 Å². The average Bonchev–Trinajstić information content (AvgIpc) is 3.09. The van der Waals surface area contributed by atoms with Crippen LogP contribution in [0.15, 0.2) is 19.1 Å². The quantitative estimate of drug-likeness (QED) is 0.526. The molecule has 0 spiro atoms. The molecule has 0 saturated carbocycles. The van der Waals surface area contributed by atoms with Gasteiger partial charge in [0.15, 0.2) is 12.0 Å². The zero-order valence-corrected chi connectivity index (χ0v) is 14.8. The van der Waals surface area contributed by atoms with Crippen LogP contribution in [0.3, 0.4) is 0 Å². The van der Waals surface area contributed by atoms with Gasteiger partial charge in [-0.1, -0.05) is 12.7 Å². The van der Waals surface area contributed by atoms with Crippen LogP contribution in [-0.2, 0) is 9.57 Å². The molecule has 1 aliphatic rings. The maximum absolute atomic E-state index is 10.3. The van der Waals surface area contributed by atoms with E-state index in [2.05, 4.69) is 22.0 Å². The molecular formula is C16H21ClN4O4. The van der Waals surface area contributed by atoms with E-state index >= 15 is 0 Å². The average molecular weight is 369 g/mol. The summed E-state index contributed by atoms with van der Waals surface area (Å²) in [6.07, 6.45) is 2.30. The molecule has 4 atom stereocenters. The molecule has 2 unspecified atom stereocenters. The van der Waals surface area contributed by atoms with Gasteiger partial charge in [-0.05, 0) is 13.8 Å². The van der Waals surface area contributed by atoms with Crippen LogP contribution >= 0.6 is 11.6 Å². The van der Waals surface area contributed by atoms with Crippen molar-refractivity contribution in [1.29, 1.82) is 0 Å². The molecule has 8 nitrogen and oxygen atoms in total. The topological polar surface area (TPSA) is 102 Å². The summed E-state index contributed by atoms with van der Waals surface area (Å²) in [5, 5.41) is 20.5. The molecule has 0 radical (unpaired) electrons. The molecule has 136 valence electrons. The summed E-state index contributed by atoms with van der Waals surface area (Å²) >= 11 is 6.55. The third-order valence-corrected chi connectivity index (χ3v) is 4.73. The molecule has 0 aromatic carbocycles. The molecule has 1 saturated heterocycles. The molecule has 9 heteroatoms. The van der Waals surface area contributed by atoms with Crippen LogP contribution in [0.5, 0.6) is 0 Å². The molecule has 3 rings (SSSR count). The van der Waals surface area contributed by atoms with E-state index in [4.69, 9.17) is 21.2 Å². The summed E-state index contributed by atoms with van der Waals surface area (Å²) in [4.78, 5) is 12.6. The van der Waals surface area contributed by atoms with Gasteiger partial charge in [-0.3, -0.25) is 4.84 Å². The van der Waals surface area contributed by atoms with Crippen molar-refractivity contribution in [3.63, 3.8) is 0 Å². The molecule has 1 aliphatic heterocycles. The monoisotopic (exact) mass is 368 g/mol. The van der Waals surface area contributed by atoms with Crippen LogP contribution in [0.1, 0.15) is 25.6 Å². The van der Waals surface area contributed by atoms with Crippen molar-refractivity contribution in [2.75, 3.05) is 18.7 Å². The Labute approximate surface area is 150 Å². The Morgan fingerprint density at radius 1 is 1.56 bits per heavy atom. The van der Waals surface area contributed by atoms with Crippen LogP contribution in [0.25, 0.3) is 17.1 Å². The lowest BCUT2D eigenvalue weighted by atomic mass is 10.0. The summed E-state index contributed by atoms with van der Waals surface area (Å²) in [7, 11) is 0. The molecule has 3 N–H and O–H groups in total. The molecule has 25 heavy (non-hydrogen) atoms. The van der Waals surface area contributed by atoms with Crippen molar-refractivity contribution >= 4 is 34.5 Å². The first-order chi connectivity index (χ1) is 12.0. The maximum atomic E-state index is 10.3. The second-order valence-corrected chi connectivity index (χ2v) is 6.77. The lowest BCUT2D eigenvalue weighted by Crippen LogP contribution is -2.39. The fraction of sp³-hybridized carbons (Fsp3) is 0.500. The molecule has 1 fully saturated rings. The number of fused-ring (bicyclic) bond motifs is 1. The summed E-state index contributed by atoms with van der Waals surface area (Å²) in [6, 6.07) is 0. The summed E-state index contributed by atoms with van der Waals surface area (Å²) in [5.74, 6) is 0.494. The van der Waals surface area contributed by atoms with Gasteiger partial charge in [0.25, 0.3) is 0 Å². The minimum absolute atomic E-state index is 0.334. The van der Waals surface area contributed by atoms with Crippen molar-refractivity contribution < 1.29 is 19.8 Å². The first kappa shape index (κ1) is 18.1. The third-order valence-electron chi connectivity index (χ3n) is 4.32. The van der Waals surface area contributed by atoms with Crippen LogP contribution in [0, 0.1) is 0 Å². The SMILES string of the molecule is C=Cc1cn([C@@H]2OC(CO)C(O)[C@@]2(C)Cl)c2ncnc(NOCC)c12. The Morgan fingerprint density at radius 3 is 2.92 bits per heavy atom. The maximum Gasteiger partial charge on any atom is 0.163 e. The minimum atomic E-state index is -1.14. The Morgan fingerprint density at radius 2 is 2.32 bits per heavy atom. The third kappa shape index (κ3) is 2.90. The van der Waals surface area contributed by atoms with E-state index in [-0.39, 0.29) is 6.61 Å². The van der Waals surface area contributed by atoms with E-state index < -0.39 is 23.3 Å². The number of nitrogens with zero attached hydrogens (tertiary/aromatic N) is 3. The smallest absolute Gasteiger partial charge is 0.163 e. The van der Waals surface area contributed by atoms with E-state index in [9.17, 15) is 10.2 Å². The number of hydrogen-bond donors (Lipinski definition) is 3. The number of alkyl halides is 1. The Bertz CT molecular complexity index is 779. The molecular weight excluding hydrogens is 348 g/mol. The predicted molar refractivity (Wildman–Crippen MR) is 94.1 cm³/mol. The van der Waals surface area contributed by atoms with Gasteiger partial charge in [0.2, 0.25) is 0 Å². The van der Waals surface area contributed by atoms with E-state index in [1.807, 2.05) is 6.92 Å². The molecule has 3 heterocycles. The van der Waals surface area contributed by atoms with Gasteiger partial charge >= 0.3 is 0 Å². The van der Waals surface area contributed by atoms with E-state index in [1.165, 1.54) is 6.33 Å². The Kier molecular flexibility index (Phi) is 4.99. The molecule has 2 aromatic heterocycles. The van der Waals surface area contributed by atoms with Gasteiger partial charge in [-0.25, -0.2) is 15.4 Å². The highest BCUT2D eigenvalue weighted by molar-refractivity contribution is 6.24. The number of hydrogen-bond acceptors (Lipinski definition) is 7. The first-order valence-electron chi connectivity index (χ1n) is 7.94. The van der Waals surface area contributed by atoms with Crippen LogP contribution < -0.4 is 5.48 Å². The normalized spacial score (nSPS) is 29.2. The second kappa shape index (κ2) is 6.89. The number of rotatable bonds is 6. The molecule has 0 amide bonds. The van der Waals surface area contributed by atoms with E-state index in [1.54, 1.807) is 23.8 Å². The lowest BCUT2D eigenvalue weighted by molar-refractivity contribution is -0.0439. The number of aliphatic hydroxyl groups is 2. The fourth-order valence-electron chi connectivity index (χ4n) is 3.03. The van der Waals surface area contributed by atoms with Gasteiger partial charge in [0.05, 0.1) is 18.6 Å². The summed E-state index contributed by atoms with van der Waals surface area (Å²) < 4.78 is 7.52. The van der Waals surface area contributed by atoms with Crippen LogP contribution in [0.4, 0.5) is 5.82 Å². The number of nitrogens with one attached hydrogen (secondary N) is 1. The predicted octanol–water partition coefficient (Wildman–Crippen LogP) is 1.69. The summed E-state index contributed by atoms with van der Waals surface area (Å²) in [6.45, 7) is 7.47. The van der Waals surface area contributed by atoms with E-state index in [0.29, 0.717) is 23.5 Å². The first-order valence-corrected chi connectivity index (χ1v) is 8.32. The highest BCUT2D eigenvalue weighted by Crippen LogP contribution is 2.45. The number of aliphatic hydroxyl groups excluding tert-OH is 2. The molecule has 0 bridgehead atoms. The van der Waals surface area contributed by atoms with Gasteiger partial charge in [0, 0.05) is 11.8 Å². The van der Waals surface area contributed by atoms with Gasteiger partial charge < -0.3 is 19.5 Å². The van der Waals surface area contributed by atoms with Gasteiger partial charge in [0.1, 0.15) is 29.1 Å². The largest absolute Gasteiger partial charge is 0.394 e. The van der Waals surface area contributed by atoms with Crippen molar-refractivity contribution in [2.24, 2.45) is 0 Å². The number of ether oxygens (including phenoxy) is 1. The van der Waals surface area contributed by atoms with Crippen molar-refractivity contribution in [1.82, 2.24) is 14.5 Å². The Hall–Kier alpha value is -1.71. The summed E-state index contributed by atoms with van der Waals surface area (Å²) in [5.41, 5.74) is 4.10. The number of anilines is 1. The van der Waals surface area contributed by atoms with Crippen LogP contribution in [-0.4, -0.2) is 55.0 Å². The van der Waals surface area contributed by atoms with E-state index in [0.717, 1.165) is 5.56 Å². The van der Waals surface area contributed by atoms with Gasteiger partial charge in [-0.15, -0.1) is 11.6 Å². The minimum Gasteiger partial charge on any atom is -0.394 e. The van der Waals surface area contributed by atoms with Crippen molar-refractivity contribution in [3.05, 3.63) is 24.7 Å². The zero-order chi connectivity index (χ0) is 18.2. The molecule has 0 aliphatic carbocycles. The number of halogens is 1.